The standard InChI is InChI=1S/C21H14F2N8O3S.C14H9BrF2N4O3S.C7H7BN4O2/c1-35(33,34)29-18-15(22)7-6-13(16(18)23)19(32)17-14-8-12(9-24-21(14)26-25-17)10-2-4-11(5-3-10)20-27-30-31-28-20;1-25(23,24)21-12-9(16)3-2-7(10(12)17)13(22)11-8-4-6(15)5-18-14(8)20-19-11;13-8(14)6-3-1-5(2-4-6)7-9-11-12-10-7/h2-9,29H,1H3,(H,24,25,26)(H,27,28,30,31);2-5,21H,1H3,(H,18,19,20);1-4,13-14H,(H,9,10,11,12). The summed E-state index contributed by atoms with van der Waals surface area (Å²) in [5.74, 6) is -5.73. The van der Waals surface area contributed by atoms with Crippen LogP contribution in [0.2, 0.25) is 0 Å². The zero-order valence-electron chi connectivity index (χ0n) is 37.3. The van der Waals surface area contributed by atoms with Crippen LogP contribution < -0.4 is 14.9 Å². The lowest BCUT2D eigenvalue weighted by Crippen LogP contribution is -2.29. The molecule has 0 aliphatic carbocycles. The second-order valence-electron chi connectivity index (χ2n) is 15.3. The molecule has 4 aromatic carbocycles. The minimum Gasteiger partial charge on any atom is -0.423 e. The monoisotopic (exact) mass is 1120 g/mol. The summed E-state index contributed by atoms with van der Waals surface area (Å²) in [6.45, 7) is 0. The van der Waals surface area contributed by atoms with Crippen LogP contribution in [0.3, 0.4) is 0 Å². The van der Waals surface area contributed by atoms with Gasteiger partial charge in [-0.2, -0.15) is 20.6 Å². The summed E-state index contributed by atoms with van der Waals surface area (Å²) in [6.07, 6.45) is 4.52. The number of tetrazole rings is 2. The van der Waals surface area contributed by atoms with E-state index < -0.39 is 84.5 Å². The molecular weight excluding hydrogens is 1090 g/mol. The van der Waals surface area contributed by atoms with Gasteiger partial charge in [-0.3, -0.25) is 29.2 Å². The summed E-state index contributed by atoms with van der Waals surface area (Å²) in [6, 6.07) is 20.4. The maximum Gasteiger partial charge on any atom is 0.488 e. The quantitative estimate of drug-likeness (QED) is 0.0489. The van der Waals surface area contributed by atoms with Crippen molar-refractivity contribution in [2.75, 3.05) is 22.0 Å². The molecule has 74 heavy (non-hydrogen) atoms. The molecule has 0 saturated carbocycles. The number of H-pyrrole nitrogens is 4. The van der Waals surface area contributed by atoms with Gasteiger partial charge in [0.2, 0.25) is 43.3 Å². The van der Waals surface area contributed by atoms with Crippen LogP contribution in [0.1, 0.15) is 32.1 Å². The summed E-state index contributed by atoms with van der Waals surface area (Å²) in [5, 5.41) is 58.3. The number of rotatable bonds is 12. The highest BCUT2D eigenvalue weighted by molar-refractivity contribution is 9.10. The van der Waals surface area contributed by atoms with E-state index in [1.165, 1.54) is 6.20 Å². The first kappa shape index (κ1) is 51.6. The molecule has 10 rings (SSSR count). The van der Waals surface area contributed by atoms with Crippen molar-refractivity contribution < 1.29 is 54.0 Å². The van der Waals surface area contributed by atoms with Gasteiger partial charge in [0.1, 0.15) is 34.4 Å². The van der Waals surface area contributed by atoms with Crippen molar-refractivity contribution in [3.05, 3.63) is 148 Å². The van der Waals surface area contributed by atoms with Gasteiger partial charge in [0.15, 0.2) is 22.9 Å². The Labute approximate surface area is 420 Å². The highest BCUT2D eigenvalue weighted by atomic mass is 79.9. The van der Waals surface area contributed by atoms with E-state index in [0.717, 1.165) is 53.5 Å². The smallest absolute Gasteiger partial charge is 0.423 e. The Morgan fingerprint density at radius 2 is 1.01 bits per heavy atom. The maximum absolute atomic E-state index is 15.0. The fourth-order valence-corrected chi connectivity index (χ4v) is 8.19. The van der Waals surface area contributed by atoms with Crippen LogP contribution in [0.5, 0.6) is 0 Å². The molecule has 8 N–H and O–H groups in total. The summed E-state index contributed by atoms with van der Waals surface area (Å²) in [5.41, 5.74) is 0.719. The molecule has 0 saturated heterocycles. The summed E-state index contributed by atoms with van der Waals surface area (Å²) >= 11 is 3.21. The van der Waals surface area contributed by atoms with Gasteiger partial charge < -0.3 is 10.0 Å². The minimum atomic E-state index is -3.99. The molecule has 6 aromatic heterocycles. The molecule has 10 aromatic rings. The molecular formula is C42H30BBrF4N16O8S2. The number of fused-ring (bicyclic) bond motifs is 2. The molecule has 0 unspecified atom stereocenters. The molecule has 376 valence electrons. The van der Waals surface area contributed by atoms with Crippen molar-refractivity contribution in [2.45, 2.75) is 0 Å². The molecule has 0 aliphatic rings. The molecule has 0 spiro atoms. The summed E-state index contributed by atoms with van der Waals surface area (Å²) in [7, 11) is -9.38. The number of carbonyl (C=O) groups is 2. The van der Waals surface area contributed by atoms with Crippen LogP contribution in [0.4, 0.5) is 28.9 Å². The lowest BCUT2D eigenvalue weighted by atomic mass is 9.80. The second-order valence-corrected chi connectivity index (χ2v) is 19.7. The number of carbonyl (C=O) groups excluding carboxylic acids is 2. The molecule has 0 amide bonds. The zero-order valence-corrected chi connectivity index (χ0v) is 40.6. The Balaban J connectivity index is 0.000000162. The molecule has 24 nitrogen and oxygen atoms in total. The predicted octanol–water partition coefficient (Wildman–Crippen LogP) is 3.83. The Bertz CT molecular complexity index is 3950. The number of nitrogens with zero attached hydrogens (tertiary/aromatic N) is 10. The van der Waals surface area contributed by atoms with Gasteiger partial charge in [0.25, 0.3) is 0 Å². The number of pyridine rings is 2. The van der Waals surface area contributed by atoms with E-state index in [9.17, 15) is 44.0 Å². The average Bonchev–Trinajstić information content (AvgIpc) is 4.22. The van der Waals surface area contributed by atoms with Gasteiger partial charge >= 0.3 is 7.12 Å². The van der Waals surface area contributed by atoms with Crippen molar-refractivity contribution in [2.24, 2.45) is 0 Å². The number of hydrogen-bond donors (Lipinski definition) is 8. The van der Waals surface area contributed by atoms with Crippen LogP contribution in [-0.2, 0) is 20.0 Å². The van der Waals surface area contributed by atoms with Gasteiger partial charge in [-0.25, -0.2) is 44.4 Å². The average molecular weight is 1120 g/mol. The first-order valence-corrected chi connectivity index (χ1v) is 25.1. The Morgan fingerprint density at radius 1 is 0.581 bits per heavy atom. The highest BCUT2D eigenvalue weighted by Gasteiger charge is 2.27. The van der Waals surface area contributed by atoms with Gasteiger partial charge in [0, 0.05) is 33.6 Å². The molecule has 0 aliphatic heterocycles. The lowest BCUT2D eigenvalue weighted by molar-refractivity contribution is 0.102. The summed E-state index contributed by atoms with van der Waals surface area (Å²) < 4.78 is 107. The highest BCUT2D eigenvalue weighted by Crippen LogP contribution is 2.31. The SMILES string of the molecule is CS(=O)(=O)Nc1c(F)ccc(C(=O)c2[nH]nc3ncc(-c4ccc(-c5nn[nH]n5)cc4)cc23)c1F.CS(=O)(=O)Nc1c(F)ccc(C(=O)c2[nH]nc3ncc(Br)cc23)c1F.OB(O)c1ccc(-c2nn[nH]n2)cc1. The number of aromatic nitrogens is 14. The van der Waals surface area contributed by atoms with E-state index in [4.69, 9.17) is 10.0 Å². The third kappa shape index (κ3) is 11.6. The molecule has 32 heteroatoms. The van der Waals surface area contributed by atoms with Crippen molar-refractivity contribution in [1.29, 1.82) is 0 Å². The van der Waals surface area contributed by atoms with Crippen LogP contribution >= 0.6 is 15.9 Å². The molecule has 0 radical (unpaired) electrons. The van der Waals surface area contributed by atoms with Crippen molar-refractivity contribution in [3.63, 3.8) is 0 Å². The van der Waals surface area contributed by atoms with Gasteiger partial charge in [-0.05, 0) is 73.8 Å². The maximum atomic E-state index is 15.0. The molecule has 0 atom stereocenters. The lowest BCUT2D eigenvalue weighted by Gasteiger charge is -2.10. The first-order valence-electron chi connectivity index (χ1n) is 20.5. The Morgan fingerprint density at radius 3 is 1.45 bits per heavy atom. The van der Waals surface area contributed by atoms with Crippen molar-refractivity contribution in [3.8, 4) is 33.9 Å². The van der Waals surface area contributed by atoms with E-state index >= 15 is 0 Å². The number of halogens is 5. The number of sulfonamides is 2. The molecule has 0 bridgehead atoms. The van der Waals surface area contributed by atoms with Crippen LogP contribution in [0.25, 0.3) is 56.0 Å². The topological polar surface area (TPSA) is 359 Å². The Hall–Kier alpha value is -8.72. The van der Waals surface area contributed by atoms with Crippen LogP contribution in [0, 0.1) is 23.3 Å². The zero-order chi connectivity index (χ0) is 53.1. The minimum absolute atomic E-state index is 0.0559. The van der Waals surface area contributed by atoms with Crippen molar-refractivity contribution >= 4 is 93.6 Å². The fourth-order valence-electron chi connectivity index (χ4n) is 6.75. The van der Waals surface area contributed by atoms with E-state index in [2.05, 4.69) is 87.5 Å². The largest absolute Gasteiger partial charge is 0.488 e. The van der Waals surface area contributed by atoms with Crippen LogP contribution in [0.15, 0.2) is 102 Å². The van der Waals surface area contributed by atoms with E-state index in [1.54, 1.807) is 76.3 Å². The molecule has 6 heterocycles. The van der Waals surface area contributed by atoms with E-state index in [1.807, 2.05) is 0 Å². The summed E-state index contributed by atoms with van der Waals surface area (Å²) in [4.78, 5) is 34.0. The third-order valence-electron chi connectivity index (χ3n) is 10.1. The van der Waals surface area contributed by atoms with E-state index in [0.29, 0.717) is 37.9 Å². The molecule has 0 fully saturated rings. The van der Waals surface area contributed by atoms with Crippen molar-refractivity contribution in [1.82, 2.24) is 71.6 Å². The van der Waals surface area contributed by atoms with Gasteiger partial charge in [-0.15, -0.1) is 20.4 Å². The van der Waals surface area contributed by atoms with Gasteiger partial charge in [0.05, 0.1) is 34.4 Å². The second kappa shape index (κ2) is 21.2. The predicted molar refractivity (Wildman–Crippen MR) is 260 cm³/mol. The number of hydrogen-bond acceptors (Lipinski definition) is 18. The van der Waals surface area contributed by atoms with E-state index in [-0.39, 0.29) is 22.7 Å². The van der Waals surface area contributed by atoms with Gasteiger partial charge in [-0.1, -0.05) is 48.5 Å². The van der Waals surface area contributed by atoms with Crippen LogP contribution in [-0.4, -0.2) is 130 Å². The number of aromatic amines is 4. The normalized spacial score (nSPS) is 11.4. The number of benzene rings is 4. The Kier molecular flexibility index (Phi) is 14.8. The first-order chi connectivity index (χ1) is 35.2. The number of ketones is 2. The number of anilines is 2. The third-order valence-corrected chi connectivity index (χ3v) is 11.7. The fraction of sp³-hybridized carbons (Fsp3) is 0.0476. The number of nitrogens with one attached hydrogen (secondary N) is 6.